The highest BCUT2D eigenvalue weighted by Gasteiger charge is 1.94. The van der Waals surface area contributed by atoms with Crippen LogP contribution < -0.4 is 0 Å². The molecule has 1 rings (SSSR count). The number of hydrogen-bond acceptors (Lipinski definition) is 1. The van der Waals surface area contributed by atoms with Crippen LogP contribution in [0.3, 0.4) is 0 Å². The predicted octanol–water partition coefficient (Wildman–Crippen LogP) is 0.490. The van der Waals surface area contributed by atoms with Gasteiger partial charge in [-0.25, -0.2) is 9.37 Å². The summed E-state index contributed by atoms with van der Waals surface area (Å²) in [7, 11) is 1.68. The SMILES string of the molecule is Cn1[c]n[c]c1CF. The fraction of sp³-hybridized carbons (Fsp3) is 0.400. The fourth-order valence-electron chi connectivity index (χ4n) is 0.419. The van der Waals surface area contributed by atoms with E-state index in [1.807, 2.05) is 0 Å². The molecule has 2 nitrogen and oxygen atoms in total. The van der Waals surface area contributed by atoms with Crippen LogP contribution in [0.15, 0.2) is 0 Å². The van der Waals surface area contributed by atoms with E-state index < -0.39 is 6.67 Å². The third kappa shape index (κ3) is 0.710. The summed E-state index contributed by atoms with van der Waals surface area (Å²) in [6.45, 7) is -0.521. The number of nitrogens with zero attached hydrogens (tertiary/aromatic N) is 2. The molecule has 0 bridgehead atoms. The third-order valence-corrected chi connectivity index (χ3v) is 0.916. The van der Waals surface area contributed by atoms with Crippen molar-refractivity contribution >= 4 is 0 Å². The zero-order valence-corrected chi connectivity index (χ0v) is 4.48. The second kappa shape index (κ2) is 1.94. The molecule has 0 aromatic carbocycles. The average molecular weight is 112 g/mol. The van der Waals surface area contributed by atoms with Gasteiger partial charge in [-0.3, -0.25) is 0 Å². The first-order valence-electron chi connectivity index (χ1n) is 2.21. The molecular weight excluding hydrogens is 107 g/mol. The van der Waals surface area contributed by atoms with Crippen LogP contribution in [0, 0.1) is 12.5 Å². The summed E-state index contributed by atoms with van der Waals surface area (Å²) in [6, 6.07) is 0. The molecule has 0 atom stereocenters. The van der Waals surface area contributed by atoms with Gasteiger partial charge in [-0.2, -0.15) is 0 Å². The van der Waals surface area contributed by atoms with Crippen molar-refractivity contribution in [2.45, 2.75) is 6.67 Å². The van der Waals surface area contributed by atoms with Crippen molar-refractivity contribution < 1.29 is 4.39 Å². The molecule has 0 spiro atoms. The number of alkyl halides is 1. The first kappa shape index (κ1) is 5.28. The van der Waals surface area contributed by atoms with Crippen LogP contribution >= 0.6 is 0 Å². The molecule has 0 saturated heterocycles. The molecule has 2 radical (unpaired) electrons. The number of aryl methyl sites for hydroxylation is 1. The Morgan fingerprint density at radius 2 is 2.62 bits per heavy atom. The highest BCUT2D eigenvalue weighted by Crippen LogP contribution is 1.94. The molecule has 1 aromatic rings. The van der Waals surface area contributed by atoms with E-state index in [9.17, 15) is 4.39 Å². The fourth-order valence-corrected chi connectivity index (χ4v) is 0.419. The quantitative estimate of drug-likeness (QED) is 0.517. The molecule has 0 saturated carbocycles. The topological polar surface area (TPSA) is 17.8 Å². The Bertz CT molecular complexity index is 171. The van der Waals surface area contributed by atoms with Gasteiger partial charge in [-0.05, 0) is 0 Å². The van der Waals surface area contributed by atoms with Crippen molar-refractivity contribution in [1.29, 1.82) is 0 Å². The van der Waals surface area contributed by atoms with Crippen LogP contribution in [0.25, 0.3) is 0 Å². The Morgan fingerprint density at radius 3 is 2.88 bits per heavy atom. The monoisotopic (exact) mass is 112 g/mol. The standard InChI is InChI=1S/C5H5FN2/c1-8-4-7-3-5(8)2-6/h2H2,1H3. The first-order chi connectivity index (χ1) is 3.84. The third-order valence-electron chi connectivity index (χ3n) is 0.916. The van der Waals surface area contributed by atoms with Crippen LogP contribution in [0.4, 0.5) is 4.39 Å². The molecule has 0 aliphatic heterocycles. The Morgan fingerprint density at radius 1 is 1.88 bits per heavy atom. The van der Waals surface area contributed by atoms with Crippen molar-refractivity contribution in [3.05, 3.63) is 18.2 Å². The molecule has 1 aromatic heterocycles. The van der Waals surface area contributed by atoms with Crippen molar-refractivity contribution in [3.63, 3.8) is 0 Å². The summed E-state index contributed by atoms with van der Waals surface area (Å²) in [6.07, 6.45) is 4.93. The van der Waals surface area contributed by atoms with Gasteiger partial charge < -0.3 is 4.57 Å². The van der Waals surface area contributed by atoms with Gasteiger partial charge in [0, 0.05) is 7.05 Å². The minimum Gasteiger partial charge on any atom is -0.326 e. The molecule has 1 heterocycles. The molecular formula is C5H5FN2. The van der Waals surface area contributed by atoms with E-state index in [-0.39, 0.29) is 0 Å². The van der Waals surface area contributed by atoms with Crippen LogP contribution in [-0.2, 0) is 13.7 Å². The lowest BCUT2D eigenvalue weighted by Crippen LogP contribution is -1.90. The predicted molar refractivity (Wildman–Crippen MR) is 25.7 cm³/mol. The molecule has 0 unspecified atom stereocenters. The summed E-state index contributed by atoms with van der Waals surface area (Å²) >= 11 is 0. The average Bonchev–Trinajstić information content (AvgIpc) is 2.14. The van der Waals surface area contributed by atoms with Crippen molar-refractivity contribution in [2.75, 3.05) is 0 Å². The summed E-state index contributed by atoms with van der Waals surface area (Å²) in [5, 5.41) is 0. The van der Waals surface area contributed by atoms with Crippen LogP contribution in [0.2, 0.25) is 0 Å². The maximum Gasteiger partial charge on any atom is 0.177 e. The second-order valence-corrected chi connectivity index (χ2v) is 1.46. The molecule has 8 heavy (non-hydrogen) atoms. The zero-order chi connectivity index (χ0) is 5.98. The van der Waals surface area contributed by atoms with Crippen molar-refractivity contribution in [2.24, 2.45) is 7.05 Å². The van der Waals surface area contributed by atoms with E-state index in [0.29, 0.717) is 5.69 Å². The lowest BCUT2D eigenvalue weighted by atomic mass is 10.5. The Hall–Kier alpha value is -0.860. The van der Waals surface area contributed by atoms with E-state index in [1.165, 1.54) is 4.57 Å². The molecule has 3 heteroatoms. The minimum absolute atomic E-state index is 0.435. The first-order valence-corrected chi connectivity index (χ1v) is 2.21. The molecule has 0 N–H and O–H groups in total. The van der Waals surface area contributed by atoms with Crippen LogP contribution in [0.5, 0.6) is 0 Å². The Balaban J connectivity index is 2.92. The number of aromatic nitrogens is 2. The highest BCUT2D eigenvalue weighted by atomic mass is 19.1. The van der Waals surface area contributed by atoms with Crippen molar-refractivity contribution in [3.8, 4) is 0 Å². The van der Waals surface area contributed by atoms with E-state index in [0.717, 1.165) is 0 Å². The van der Waals surface area contributed by atoms with Gasteiger partial charge in [0.05, 0.1) is 5.69 Å². The number of imidazole rings is 1. The van der Waals surface area contributed by atoms with E-state index >= 15 is 0 Å². The normalized spacial score (nSPS) is 9.75. The van der Waals surface area contributed by atoms with Gasteiger partial charge >= 0.3 is 0 Å². The summed E-state index contributed by atoms with van der Waals surface area (Å²) in [5.41, 5.74) is 0.435. The molecule has 0 amide bonds. The van der Waals surface area contributed by atoms with E-state index in [4.69, 9.17) is 0 Å². The van der Waals surface area contributed by atoms with Gasteiger partial charge in [0.25, 0.3) is 0 Å². The summed E-state index contributed by atoms with van der Waals surface area (Å²) < 4.78 is 13.2. The summed E-state index contributed by atoms with van der Waals surface area (Å²) in [5.74, 6) is 0. The van der Waals surface area contributed by atoms with E-state index in [1.54, 1.807) is 7.05 Å². The molecule has 0 fully saturated rings. The second-order valence-electron chi connectivity index (χ2n) is 1.46. The van der Waals surface area contributed by atoms with Gasteiger partial charge in [0.2, 0.25) is 0 Å². The minimum atomic E-state index is -0.521. The molecule has 0 aliphatic rings. The summed E-state index contributed by atoms with van der Waals surface area (Å²) in [4.78, 5) is 3.47. The maximum atomic E-state index is 11.7. The number of hydrogen-bond donors (Lipinski definition) is 0. The molecule has 42 valence electrons. The van der Waals surface area contributed by atoms with Gasteiger partial charge in [-0.15, -0.1) is 0 Å². The zero-order valence-electron chi connectivity index (χ0n) is 4.48. The van der Waals surface area contributed by atoms with Crippen molar-refractivity contribution in [1.82, 2.24) is 9.55 Å². The van der Waals surface area contributed by atoms with Gasteiger partial charge in [0.15, 0.2) is 6.33 Å². The smallest absolute Gasteiger partial charge is 0.177 e. The highest BCUT2D eigenvalue weighted by molar-refractivity contribution is 4.91. The largest absolute Gasteiger partial charge is 0.326 e. The van der Waals surface area contributed by atoms with E-state index in [2.05, 4.69) is 17.5 Å². The Kier molecular flexibility index (Phi) is 1.28. The van der Waals surface area contributed by atoms with Gasteiger partial charge in [-0.1, -0.05) is 0 Å². The maximum absolute atomic E-state index is 11.7. The Labute approximate surface area is 47.0 Å². The number of rotatable bonds is 1. The molecule has 0 aliphatic carbocycles. The lowest BCUT2D eigenvalue weighted by molar-refractivity contribution is 0.465. The van der Waals surface area contributed by atoms with Gasteiger partial charge in [0.1, 0.15) is 12.9 Å². The lowest BCUT2D eigenvalue weighted by Gasteiger charge is -1.89. The number of halogens is 1. The van der Waals surface area contributed by atoms with Crippen LogP contribution in [-0.4, -0.2) is 9.55 Å². The van der Waals surface area contributed by atoms with Crippen LogP contribution in [0.1, 0.15) is 5.69 Å².